The van der Waals surface area contributed by atoms with Crippen LogP contribution in [0.25, 0.3) is 22.1 Å². The van der Waals surface area contributed by atoms with Crippen LogP contribution in [0, 0.1) is 0 Å². The Balaban J connectivity index is 1.61. The molecule has 0 radical (unpaired) electrons. The normalized spacial score (nSPS) is 14.0. The molecule has 0 fully saturated rings. The van der Waals surface area contributed by atoms with Crippen molar-refractivity contribution in [1.82, 2.24) is 0 Å². The first-order chi connectivity index (χ1) is 16.5. The van der Waals surface area contributed by atoms with Gasteiger partial charge in [-0.25, -0.2) is 4.79 Å². The van der Waals surface area contributed by atoms with Crippen molar-refractivity contribution in [3.63, 3.8) is 0 Å². The van der Waals surface area contributed by atoms with Gasteiger partial charge >= 0.3 is 5.63 Å². The Labute approximate surface area is 194 Å². The summed E-state index contributed by atoms with van der Waals surface area (Å²) in [7, 11) is 3.13. The average Bonchev–Trinajstić information content (AvgIpc) is 3.13. The van der Waals surface area contributed by atoms with E-state index < -0.39 is 11.5 Å². The first-order valence-electron chi connectivity index (χ1n) is 10.5. The van der Waals surface area contributed by atoms with Gasteiger partial charge in [-0.1, -0.05) is 23.4 Å². The third-order valence-electron chi connectivity index (χ3n) is 5.86. The standard InChI is InChI=1S/C26H20N2O6/c1-32-18-5-3-4-15(10-18)16-6-8-21-22(11-16)28(26(30)25(21)27-31)14-17-12-24(29)34-23-13-19(33-2)7-9-20(17)23/h3-13,31H,14H2,1-2H3/b27-25-. The number of ether oxygens (including phenoxy) is 2. The van der Waals surface area contributed by atoms with Crippen molar-refractivity contribution in [3.8, 4) is 22.6 Å². The Bertz CT molecular complexity index is 1520. The van der Waals surface area contributed by atoms with Gasteiger partial charge in [-0.05, 0) is 53.1 Å². The van der Waals surface area contributed by atoms with E-state index in [1.165, 1.54) is 18.1 Å². The number of anilines is 1. The Morgan fingerprint density at radius 2 is 1.68 bits per heavy atom. The zero-order chi connectivity index (χ0) is 23.8. The summed E-state index contributed by atoms with van der Waals surface area (Å²) in [5, 5.41) is 13.5. The van der Waals surface area contributed by atoms with Crippen molar-refractivity contribution < 1.29 is 23.9 Å². The number of carbonyl (C=O) groups excluding carboxylic acids is 1. The zero-order valence-corrected chi connectivity index (χ0v) is 18.4. The number of carbonyl (C=O) groups is 1. The van der Waals surface area contributed by atoms with Gasteiger partial charge in [0.15, 0.2) is 5.71 Å². The van der Waals surface area contributed by atoms with Gasteiger partial charge in [-0.2, -0.15) is 0 Å². The molecule has 34 heavy (non-hydrogen) atoms. The Kier molecular flexibility index (Phi) is 5.25. The molecule has 2 heterocycles. The van der Waals surface area contributed by atoms with Crippen molar-refractivity contribution >= 4 is 28.3 Å². The molecule has 0 bridgehead atoms. The molecule has 170 valence electrons. The Morgan fingerprint density at radius 3 is 2.44 bits per heavy atom. The molecule has 8 nitrogen and oxygen atoms in total. The van der Waals surface area contributed by atoms with Crippen LogP contribution in [0.3, 0.4) is 0 Å². The monoisotopic (exact) mass is 456 g/mol. The lowest BCUT2D eigenvalue weighted by atomic mass is 10.0. The number of methoxy groups -OCH3 is 2. The van der Waals surface area contributed by atoms with Gasteiger partial charge < -0.3 is 24.0 Å². The van der Waals surface area contributed by atoms with E-state index in [1.807, 2.05) is 36.4 Å². The van der Waals surface area contributed by atoms with Gasteiger partial charge in [0.2, 0.25) is 0 Å². The van der Waals surface area contributed by atoms with E-state index in [-0.39, 0.29) is 12.3 Å². The summed E-state index contributed by atoms with van der Waals surface area (Å²) in [6.07, 6.45) is 0. The molecule has 1 amide bonds. The van der Waals surface area contributed by atoms with Crippen LogP contribution < -0.4 is 20.0 Å². The summed E-state index contributed by atoms with van der Waals surface area (Å²) in [4.78, 5) is 26.9. The molecular weight excluding hydrogens is 436 g/mol. The maximum Gasteiger partial charge on any atom is 0.336 e. The maximum atomic E-state index is 13.2. The number of amides is 1. The summed E-state index contributed by atoms with van der Waals surface area (Å²) in [5.41, 5.74) is 3.21. The number of hydrogen-bond donors (Lipinski definition) is 1. The third kappa shape index (κ3) is 3.55. The van der Waals surface area contributed by atoms with E-state index in [4.69, 9.17) is 13.9 Å². The average molecular weight is 456 g/mol. The minimum absolute atomic E-state index is 0.0545. The van der Waals surface area contributed by atoms with Crippen LogP contribution in [0.15, 0.2) is 81.1 Å². The highest BCUT2D eigenvalue weighted by molar-refractivity contribution is 6.54. The van der Waals surface area contributed by atoms with E-state index in [1.54, 1.807) is 31.4 Å². The number of nitrogens with zero attached hydrogens (tertiary/aromatic N) is 2. The lowest BCUT2D eigenvalue weighted by Gasteiger charge is -2.18. The van der Waals surface area contributed by atoms with E-state index in [2.05, 4.69) is 5.16 Å². The molecule has 1 N–H and O–H groups in total. The van der Waals surface area contributed by atoms with E-state index in [0.717, 1.165) is 11.1 Å². The van der Waals surface area contributed by atoms with Crippen LogP contribution in [-0.4, -0.2) is 31.0 Å². The maximum absolute atomic E-state index is 13.2. The first kappa shape index (κ1) is 21.3. The molecule has 1 aliphatic heterocycles. The number of hydrogen-bond acceptors (Lipinski definition) is 7. The number of benzene rings is 3. The van der Waals surface area contributed by atoms with Crippen LogP contribution in [-0.2, 0) is 11.3 Å². The number of fused-ring (bicyclic) bond motifs is 2. The highest BCUT2D eigenvalue weighted by Crippen LogP contribution is 2.36. The molecule has 1 aromatic heterocycles. The molecule has 0 aliphatic carbocycles. The molecule has 1 aliphatic rings. The Hall–Kier alpha value is -4.59. The van der Waals surface area contributed by atoms with Crippen molar-refractivity contribution in [2.45, 2.75) is 6.54 Å². The fraction of sp³-hybridized carbons (Fsp3) is 0.115. The summed E-state index contributed by atoms with van der Waals surface area (Å²) in [6, 6.07) is 19.6. The minimum Gasteiger partial charge on any atom is -0.497 e. The van der Waals surface area contributed by atoms with Gasteiger partial charge in [0.1, 0.15) is 17.1 Å². The molecule has 5 rings (SSSR count). The molecular formula is C26H20N2O6. The van der Waals surface area contributed by atoms with Gasteiger partial charge in [-0.3, -0.25) is 4.79 Å². The molecule has 0 unspecified atom stereocenters. The van der Waals surface area contributed by atoms with E-state index in [0.29, 0.717) is 39.3 Å². The summed E-state index contributed by atoms with van der Waals surface area (Å²) >= 11 is 0. The van der Waals surface area contributed by atoms with Crippen LogP contribution in [0.5, 0.6) is 11.5 Å². The van der Waals surface area contributed by atoms with Crippen molar-refractivity contribution in [2.75, 3.05) is 19.1 Å². The van der Waals surface area contributed by atoms with Gasteiger partial charge in [0.05, 0.1) is 26.5 Å². The lowest BCUT2D eigenvalue weighted by Crippen LogP contribution is -2.30. The second kappa shape index (κ2) is 8.40. The van der Waals surface area contributed by atoms with Gasteiger partial charge in [0, 0.05) is 23.1 Å². The van der Waals surface area contributed by atoms with Crippen LogP contribution in [0.1, 0.15) is 11.1 Å². The van der Waals surface area contributed by atoms with Crippen LogP contribution in [0.4, 0.5) is 5.69 Å². The Morgan fingerprint density at radius 1 is 0.912 bits per heavy atom. The number of oxime groups is 1. The summed E-state index contributed by atoms with van der Waals surface area (Å²) < 4.78 is 15.9. The smallest absolute Gasteiger partial charge is 0.336 e. The molecule has 0 saturated heterocycles. The summed E-state index contributed by atoms with van der Waals surface area (Å²) in [6.45, 7) is 0.0842. The summed E-state index contributed by atoms with van der Waals surface area (Å²) in [5.74, 6) is 0.796. The number of rotatable bonds is 5. The van der Waals surface area contributed by atoms with Crippen LogP contribution in [0.2, 0.25) is 0 Å². The fourth-order valence-electron chi connectivity index (χ4n) is 4.18. The minimum atomic E-state index is -0.538. The second-order valence-corrected chi connectivity index (χ2v) is 7.76. The fourth-order valence-corrected chi connectivity index (χ4v) is 4.18. The lowest BCUT2D eigenvalue weighted by molar-refractivity contribution is -0.112. The molecule has 4 aromatic rings. The van der Waals surface area contributed by atoms with Crippen LogP contribution >= 0.6 is 0 Å². The molecule has 3 aromatic carbocycles. The topological polar surface area (TPSA) is 102 Å². The quantitative estimate of drug-likeness (QED) is 0.274. The molecule has 0 atom stereocenters. The van der Waals surface area contributed by atoms with E-state index >= 15 is 0 Å². The van der Waals surface area contributed by atoms with Crippen molar-refractivity contribution in [1.29, 1.82) is 0 Å². The predicted molar refractivity (Wildman–Crippen MR) is 127 cm³/mol. The molecule has 8 heteroatoms. The molecule has 0 saturated carbocycles. The largest absolute Gasteiger partial charge is 0.497 e. The first-order valence-corrected chi connectivity index (χ1v) is 10.5. The van der Waals surface area contributed by atoms with E-state index in [9.17, 15) is 14.8 Å². The highest BCUT2D eigenvalue weighted by Gasteiger charge is 2.35. The van der Waals surface area contributed by atoms with Gasteiger partial charge in [-0.15, -0.1) is 0 Å². The van der Waals surface area contributed by atoms with Crippen molar-refractivity contribution in [2.24, 2.45) is 5.16 Å². The molecule has 0 spiro atoms. The zero-order valence-electron chi connectivity index (χ0n) is 18.4. The third-order valence-corrected chi connectivity index (χ3v) is 5.86. The van der Waals surface area contributed by atoms with Crippen molar-refractivity contribution in [3.05, 3.63) is 88.3 Å². The second-order valence-electron chi connectivity index (χ2n) is 7.76. The highest BCUT2D eigenvalue weighted by atomic mass is 16.5. The SMILES string of the molecule is COc1cccc(-c2ccc3c(c2)N(Cc2cc(=O)oc4cc(OC)ccc24)C(=O)/C3=N\O)c1. The predicted octanol–water partition coefficient (Wildman–Crippen LogP) is 4.20. The van der Waals surface area contributed by atoms with Gasteiger partial charge in [0.25, 0.3) is 5.91 Å².